The summed E-state index contributed by atoms with van der Waals surface area (Å²) >= 11 is 0. The van der Waals surface area contributed by atoms with Crippen LogP contribution in [0.1, 0.15) is 105 Å². The first-order chi connectivity index (χ1) is 48.6. The molecule has 4 aliphatic heterocycles. The lowest BCUT2D eigenvalue weighted by molar-refractivity contribution is 0.486. The molecular weight excluding hydrogens is 1230 g/mol. The molecule has 0 aliphatic carbocycles. The quantitative estimate of drug-likeness (QED) is 0.162. The minimum atomic E-state index is -0.386. The summed E-state index contributed by atoms with van der Waals surface area (Å²) in [6.07, 6.45) is 0. The molecule has 6 heterocycles. The van der Waals surface area contributed by atoms with Gasteiger partial charge in [-0.1, -0.05) is 229 Å². The summed E-state index contributed by atoms with van der Waals surface area (Å²) in [5.41, 5.74) is 29.8. The van der Waals surface area contributed by atoms with Gasteiger partial charge in [0.25, 0.3) is 6.71 Å². The molecule has 101 heavy (non-hydrogen) atoms. The van der Waals surface area contributed by atoms with Gasteiger partial charge >= 0.3 is 0 Å². The molecule has 4 aliphatic rings. The lowest BCUT2D eigenvalue weighted by atomic mass is 9.33. The minimum Gasteiger partial charge on any atom is -0.456 e. The van der Waals surface area contributed by atoms with Crippen molar-refractivity contribution in [2.45, 2.75) is 105 Å². The highest BCUT2D eigenvalue weighted by molar-refractivity contribution is 7.00. The first kappa shape index (κ1) is 60.9. The first-order valence-electron chi connectivity index (χ1n) is 35.8. The SMILES string of the molecule is CC(C)(C)c1cc2c3c(c1)N1c4ccccc4-c4ccccc4Oc4ccccc4-c4cc(-n5c6ccc(C(C)(C)C)cc6c6cc(C(C)(C)C)ccc65)cc(c41)B3c1cc(-n3c4ccccc4c4cc(C(C)(C)C)ccc43)cc3c1N2c1ccccc1-c1ccccc1Oc1ccccc1-3. The number of anilines is 6. The molecule has 0 radical (unpaired) electrons. The van der Waals surface area contributed by atoms with E-state index in [1.54, 1.807) is 0 Å². The van der Waals surface area contributed by atoms with Crippen molar-refractivity contribution in [1.82, 2.24) is 9.13 Å². The van der Waals surface area contributed by atoms with Crippen molar-refractivity contribution in [3.8, 4) is 78.9 Å². The van der Waals surface area contributed by atoms with Crippen LogP contribution < -0.4 is 35.7 Å². The molecule has 15 aromatic rings. The molecule has 0 saturated heterocycles. The van der Waals surface area contributed by atoms with Crippen LogP contribution in [0.2, 0.25) is 0 Å². The lowest BCUT2D eigenvalue weighted by Crippen LogP contribution is -2.62. The normalized spacial score (nSPS) is 13.6. The third kappa shape index (κ3) is 9.24. The van der Waals surface area contributed by atoms with E-state index in [2.05, 4.69) is 363 Å². The Kier molecular flexibility index (Phi) is 13.0. The summed E-state index contributed by atoms with van der Waals surface area (Å²) in [7, 11) is 0. The average Bonchev–Trinajstić information content (AvgIpc) is 0.861. The van der Waals surface area contributed by atoms with Gasteiger partial charge in [0.15, 0.2) is 0 Å². The number of benzene rings is 13. The van der Waals surface area contributed by atoms with Gasteiger partial charge in [-0.05, 0) is 176 Å². The largest absolute Gasteiger partial charge is 0.456 e. The second kappa shape index (κ2) is 21.6. The standard InChI is InChI=1S/C94H79BN4O2/c1-91(2,3)56-41-44-79-69(47-56)64-29-15-20-34-76(64)96(79)60-52-72-67-32-18-25-39-86(67)100-84-37-23-16-30-65(84)62-27-13-21-35-77(62)98-82-50-59(94(10,11)12)51-83-88(82)95(74(54-60)89(72)98)75-55-61(97-80-45-42-57(92(4,5)6)48-70(80)71-49-58(93(7,8)9)43-46-81(71)97)53-73-68-33-19-26-40-87(68)101-85-38-24-17-31-66(85)63-28-14-22-36-78(63)99(83)90(73)75/h13-55H,1-12H3. The van der Waals surface area contributed by atoms with Crippen molar-refractivity contribution < 1.29 is 9.47 Å². The number of fused-ring (bicyclic) bond motifs is 22. The Bertz CT molecular complexity index is 5960. The molecular formula is C94H79BN4O2. The summed E-state index contributed by atoms with van der Waals surface area (Å²) in [5, 5.41) is 4.92. The van der Waals surface area contributed by atoms with Crippen LogP contribution in [0.3, 0.4) is 0 Å². The van der Waals surface area contributed by atoms with Gasteiger partial charge in [-0.3, -0.25) is 0 Å². The van der Waals surface area contributed by atoms with E-state index in [9.17, 15) is 0 Å². The molecule has 490 valence electrons. The summed E-state index contributed by atoms with van der Waals surface area (Å²) < 4.78 is 20.1. The van der Waals surface area contributed by atoms with E-state index < -0.39 is 0 Å². The predicted molar refractivity (Wildman–Crippen MR) is 426 cm³/mol. The second-order valence-corrected chi connectivity index (χ2v) is 32.5. The van der Waals surface area contributed by atoms with E-state index in [0.29, 0.717) is 0 Å². The van der Waals surface area contributed by atoms with Crippen molar-refractivity contribution >= 4 is 101 Å². The molecule has 0 bridgehead atoms. The van der Waals surface area contributed by atoms with Crippen molar-refractivity contribution in [3.63, 3.8) is 0 Å². The Labute approximate surface area is 592 Å². The van der Waals surface area contributed by atoms with Gasteiger partial charge in [0.05, 0.1) is 33.4 Å². The molecule has 0 saturated carbocycles. The van der Waals surface area contributed by atoms with E-state index in [4.69, 9.17) is 9.47 Å². The van der Waals surface area contributed by atoms with Gasteiger partial charge in [-0.15, -0.1) is 0 Å². The molecule has 0 amide bonds. The third-order valence-corrected chi connectivity index (χ3v) is 22.1. The first-order valence-corrected chi connectivity index (χ1v) is 35.8. The smallest absolute Gasteiger partial charge is 0.252 e. The van der Waals surface area contributed by atoms with Crippen molar-refractivity contribution in [3.05, 3.63) is 283 Å². The minimum absolute atomic E-state index is 0.0690. The Hall–Kier alpha value is -11.3. The molecule has 0 fully saturated rings. The van der Waals surface area contributed by atoms with Crippen molar-refractivity contribution in [1.29, 1.82) is 0 Å². The molecule has 13 aromatic carbocycles. The second-order valence-electron chi connectivity index (χ2n) is 32.5. The van der Waals surface area contributed by atoms with Gasteiger partial charge in [-0.25, -0.2) is 0 Å². The maximum Gasteiger partial charge on any atom is 0.252 e. The van der Waals surface area contributed by atoms with Crippen LogP contribution >= 0.6 is 0 Å². The Morgan fingerprint density at radius 2 is 0.574 bits per heavy atom. The van der Waals surface area contributed by atoms with Gasteiger partial charge in [0.2, 0.25) is 0 Å². The zero-order valence-corrected chi connectivity index (χ0v) is 59.5. The highest BCUT2D eigenvalue weighted by atomic mass is 16.5. The van der Waals surface area contributed by atoms with E-state index >= 15 is 0 Å². The van der Waals surface area contributed by atoms with Crippen LogP contribution in [-0.4, -0.2) is 15.8 Å². The fourth-order valence-electron chi connectivity index (χ4n) is 16.9. The van der Waals surface area contributed by atoms with Crippen LogP contribution in [0.5, 0.6) is 23.0 Å². The summed E-state index contributed by atoms with van der Waals surface area (Å²) in [6.45, 7) is 27.7. The van der Waals surface area contributed by atoms with Crippen LogP contribution in [0.4, 0.5) is 34.1 Å². The molecule has 19 rings (SSSR count). The van der Waals surface area contributed by atoms with E-state index in [-0.39, 0.29) is 28.4 Å². The van der Waals surface area contributed by atoms with Gasteiger partial charge in [0.1, 0.15) is 23.0 Å². The highest BCUT2D eigenvalue weighted by Crippen LogP contribution is 2.58. The molecule has 7 heteroatoms. The van der Waals surface area contributed by atoms with Crippen molar-refractivity contribution in [2.24, 2.45) is 0 Å². The monoisotopic (exact) mass is 1310 g/mol. The number of nitrogens with zero attached hydrogens (tertiary/aromatic N) is 4. The predicted octanol–water partition coefficient (Wildman–Crippen LogP) is 24.0. The Morgan fingerprint density at radius 1 is 0.257 bits per heavy atom. The van der Waals surface area contributed by atoms with E-state index in [0.717, 1.165) is 135 Å². The summed E-state index contributed by atoms with van der Waals surface area (Å²) in [6, 6.07) is 98.7. The van der Waals surface area contributed by atoms with E-state index in [1.165, 1.54) is 60.2 Å². The maximum absolute atomic E-state index is 7.49. The van der Waals surface area contributed by atoms with Crippen LogP contribution in [0.15, 0.2) is 261 Å². The molecule has 2 aromatic heterocycles. The topological polar surface area (TPSA) is 34.8 Å². The molecule has 0 atom stereocenters. The van der Waals surface area contributed by atoms with Crippen LogP contribution in [-0.2, 0) is 21.7 Å². The average molecular weight is 1310 g/mol. The molecule has 0 N–H and O–H groups in total. The number of ether oxygens (including phenoxy) is 2. The number of hydrogen-bond acceptors (Lipinski definition) is 4. The number of aromatic nitrogens is 2. The fraction of sp³-hybridized carbons (Fsp3) is 0.170. The summed E-state index contributed by atoms with van der Waals surface area (Å²) in [5.74, 6) is 3.15. The molecule has 0 unspecified atom stereocenters. The zero-order chi connectivity index (χ0) is 68.9. The van der Waals surface area contributed by atoms with Crippen LogP contribution in [0, 0.1) is 0 Å². The summed E-state index contributed by atoms with van der Waals surface area (Å²) in [4.78, 5) is 5.34. The Morgan fingerprint density at radius 3 is 0.960 bits per heavy atom. The van der Waals surface area contributed by atoms with Crippen LogP contribution in [0.25, 0.3) is 99.5 Å². The number of hydrogen-bond donors (Lipinski definition) is 0. The van der Waals surface area contributed by atoms with E-state index in [1.807, 2.05) is 0 Å². The molecule has 0 spiro atoms. The number of para-hydroxylation sites is 7. The Balaban J connectivity index is 1.04. The fourth-order valence-corrected chi connectivity index (χ4v) is 16.9. The lowest BCUT2D eigenvalue weighted by Gasteiger charge is -2.47. The highest BCUT2D eigenvalue weighted by Gasteiger charge is 2.48. The maximum atomic E-state index is 7.49. The zero-order valence-electron chi connectivity index (χ0n) is 59.5. The van der Waals surface area contributed by atoms with Crippen molar-refractivity contribution in [2.75, 3.05) is 9.80 Å². The van der Waals surface area contributed by atoms with Gasteiger partial charge in [0, 0.05) is 100 Å². The molecule has 6 nitrogen and oxygen atoms in total. The van der Waals surface area contributed by atoms with Gasteiger partial charge < -0.3 is 28.4 Å². The van der Waals surface area contributed by atoms with Gasteiger partial charge in [-0.2, -0.15) is 0 Å². The third-order valence-electron chi connectivity index (χ3n) is 22.1. The number of rotatable bonds is 2.